The van der Waals surface area contributed by atoms with Gasteiger partial charge in [0, 0.05) is 49.1 Å². The van der Waals surface area contributed by atoms with Crippen LogP contribution in [0.15, 0.2) is 23.6 Å². The SMILES string of the molecule is C#Cc1cc(C[C@@H](CC(=O)N2CCC(N3Cc4sccc4NC3=O)CC2)C(=O)N2CCC(C3CCN(C)CC3)CC2)cc(Cl)c1N. The van der Waals surface area contributed by atoms with Gasteiger partial charge in [-0.1, -0.05) is 17.5 Å². The maximum absolute atomic E-state index is 14.1. The number of carbonyl (C=O) groups is 3. The molecule has 0 spiro atoms. The minimum absolute atomic E-state index is 0.0250. The van der Waals surface area contributed by atoms with E-state index in [0.29, 0.717) is 61.1 Å². The van der Waals surface area contributed by atoms with E-state index in [1.54, 1.807) is 17.4 Å². The number of amides is 4. The molecule has 4 aliphatic heterocycles. The highest BCUT2D eigenvalue weighted by atomic mass is 35.5. The van der Waals surface area contributed by atoms with E-state index in [1.165, 1.54) is 12.8 Å². The first-order chi connectivity index (χ1) is 22.2. The number of hydrogen-bond acceptors (Lipinski definition) is 6. The summed E-state index contributed by atoms with van der Waals surface area (Å²) in [5.41, 5.74) is 8.64. The van der Waals surface area contributed by atoms with E-state index in [1.807, 2.05) is 32.2 Å². The fourth-order valence-corrected chi connectivity index (χ4v) is 8.91. The zero-order valence-corrected chi connectivity index (χ0v) is 28.3. The van der Waals surface area contributed by atoms with E-state index in [9.17, 15) is 14.4 Å². The Kier molecular flexibility index (Phi) is 10.1. The van der Waals surface area contributed by atoms with Crippen LogP contribution in [0.3, 0.4) is 0 Å². The van der Waals surface area contributed by atoms with Gasteiger partial charge in [-0.25, -0.2) is 4.79 Å². The molecule has 0 radical (unpaired) electrons. The van der Waals surface area contributed by atoms with Crippen molar-refractivity contribution in [3.05, 3.63) is 44.6 Å². The van der Waals surface area contributed by atoms with Gasteiger partial charge in [0.2, 0.25) is 11.8 Å². The molecule has 4 amide bonds. The van der Waals surface area contributed by atoms with Gasteiger partial charge in [0.05, 0.1) is 28.9 Å². The lowest BCUT2D eigenvalue weighted by Gasteiger charge is -2.41. The number of nitrogens with zero attached hydrogens (tertiary/aromatic N) is 4. The van der Waals surface area contributed by atoms with Gasteiger partial charge in [0.1, 0.15) is 0 Å². The van der Waals surface area contributed by atoms with Crippen molar-refractivity contribution in [3.8, 4) is 12.3 Å². The number of halogens is 1. The fraction of sp³-hybridized carbons (Fsp3) is 0.571. The Morgan fingerprint density at radius 3 is 2.37 bits per heavy atom. The number of nitrogens with two attached hydrogens (primary N) is 1. The van der Waals surface area contributed by atoms with Gasteiger partial charge in [-0.2, -0.15) is 0 Å². The van der Waals surface area contributed by atoms with Crippen LogP contribution < -0.4 is 11.1 Å². The molecule has 3 saturated heterocycles. The number of anilines is 2. The summed E-state index contributed by atoms with van der Waals surface area (Å²) in [4.78, 5) is 50.0. The van der Waals surface area contributed by atoms with E-state index in [0.717, 1.165) is 61.1 Å². The van der Waals surface area contributed by atoms with E-state index in [-0.39, 0.29) is 30.3 Å². The first kappa shape index (κ1) is 32.7. The molecule has 3 fully saturated rings. The minimum Gasteiger partial charge on any atom is -0.397 e. The van der Waals surface area contributed by atoms with Crippen molar-refractivity contribution in [2.24, 2.45) is 17.8 Å². The lowest BCUT2D eigenvalue weighted by molar-refractivity contribution is -0.143. The van der Waals surface area contributed by atoms with Gasteiger partial charge in [0.15, 0.2) is 0 Å². The maximum atomic E-state index is 14.1. The molecule has 46 heavy (non-hydrogen) atoms. The topological polar surface area (TPSA) is 102 Å². The van der Waals surface area contributed by atoms with Crippen molar-refractivity contribution >= 4 is 52.2 Å². The Labute approximate surface area is 281 Å². The summed E-state index contributed by atoms with van der Waals surface area (Å²) in [5.74, 6) is 3.45. The molecule has 2 aromatic rings. The zero-order valence-electron chi connectivity index (χ0n) is 26.7. The summed E-state index contributed by atoms with van der Waals surface area (Å²) < 4.78 is 0. The van der Waals surface area contributed by atoms with Gasteiger partial charge in [-0.15, -0.1) is 17.8 Å². The monoisotopic (exact) mass is 664 g/mol. The number of nitrogens with one attached hydrogen (secondary N) is 1. The molecule has 0 aliphatic carbocycles. The smallest absolute Gasteiger partial charge is 0.322 e. The molecule has 4 aliphatic rings. The number of piperidine rings is 3. The van der Waals surface area contributed by atoms with Crippen molar-refractivity contribution in [1.82, 2.24) is 19.6 Å². The molecule has 1 aromatic heterocycles. The number of terminal acetylenes is 1. The first-order valence-electron chi connectivity index (χ1n) is 16.6. The second-order valence-electron chi connectivity index (χ2n) is 13.5. The van der Waals surface area contributed by atoms with Crippen molar-refractivity contribution in [2.75, 3.05) is 57.4 Å². The molecule has 0 saturated carbocycles. The van der Waals surface area contributed by atoms with E-state index in [4.69, 9.17) is 23.8 Å². The minimum atomic E-state index is -0.527. The highest BCUT2D eigenvalue weighted by molar-refractivity contribution is 7.10. The first-order valence-corrected chi connectivity index (χ1v) is 17.9. The van der Waals surface area contributed by atoms with Gasteiger partial charge in [0.25, 0.3) is 0 Å². The normalized spacial score (nSPS) is 21.1. The molecule has 5 heterocycles. The summed E-state index contributed by atoms with van der Waals surface area (Å²) in [6.07, 6.45) is 12.1. The Morgan fingerprint density at radius 1 is 1.04 bits per heavy atom. The number of likely N-dealkylation sites (tertiary alicyclic amines) is 3. The second kappa shape index (κ2) is 14.2. The number of urea groups is 1. The van der Waals surface area contributed by atoms with Crippen LogP contribution in [-0.4, -0.2) is 89.8 Å². The Bertz CT molecular complexity index is 1480. The predicted molar refractivity (Wildman–Crippen MR) is 184 cm³/mol. The zero-order chi connectivity index (χ0) is 32.4. The Balaban J connectivity index is 1.10. The molecule has 0 bridgehead atoms. The van der Waals surface area contributed by atoms with E-state index < -0.39 is 5.92 Å². The highest BCUT2D eigenvalue weighted by Gasteiger charge is 2.36. The summed E-state index contributed by atoms with van der Waals surface area (Å²) in [7, 11) is 2.19. The van der Waals surface area contributed by atoms with Gasteiger partial charge in [-0.05, 0) is 106 Å². The standard InChI is InChI=1S/C35H45ClN6O3S/c1-3-24-18-23(20-29(36)33(24)37)19-27(34(44)41-13-6-26(7-14-41)25-4-11-39(2)12-5-25)21-32(43)40-15-8-28(9-16-40)42-22-31-30(10-17-46-31)38-35(42)45/h1,10,17-18,20,25-28H,4-9,11-16,19,21-22,37H2,2H3,(H,38,45)/t27-/m0/s1. The molecule has 6 rings (SSSR count). The lowest BCUT2D eigenvalue weighted by Crippen LogP contribution is -2.51. The van der Waals surface area contributed by atoms with Crippen LogP contribution >= 0.6 is 22.9 Å². The van der Waals surface area contributed by atoms with Crippen LogP contribution in [0.25, 0.3) is 0 Å². The van der Waals surface area contributed by atoms with Crippen LogP contribution in [0.2, 0.25) is 5.02 Å². The van der Waals surface area contributed by atoms with E-state index in [2.05, 4.69) is 23.2 Å². The molecule has 246 valence electrons. The summed E-state index contributed by atoms with van der Waals surface area (Å²) in [5, 5.41) is 5.35. The number of hydrogen-bond donors (Lipinski definition) is 2. The van der Waals surface area contributed by atoms with Gasteiger partial charge >= 0.3 is 6.03 Å². The third kappa shape index (κ3) is 7.17. The maximum Gasteiger partial charge on any atom is 0.322 e. The summed E-state index contributed by atoms with van der Waals surface area (Å²) in [6.45, 7) is 5.48. The third-order valence-corrected chi connectivity index (χ3v) is 11.9. The number of thiophene rings is 1. The number of nitrogen functional groups attached to an aromatic ring is 1. The summed E-state index contributed by atoms with van der Waals surface area (Å²) >= 11 is 8.07. The van der Waals surface area contributed by atoms with Crippen molar-refractivity contribution in [1.29, 1.82) is 0 Å². The van der Waals surface area contributed by atoms with Crippen molar-refractivity contribution < 1.29 is 14.4 Å². The Morgan fingerprint density at radius 2 is 1.70 bits per heavy atom. The quantitative estimate of drug-likeness (QED) is 0.316. The molecular weight excluding hydrogens is 620 g/mol. The predicted octanol–water partition coefficient (Wildman–Crippen LogP) is 5.13. The van der Waals surface area contributed by atoms with Gasteiger partial charge in [-0.3, -0.25) is 9.59 Å². The summed E-state index contributed by atoms with van der Waals surface area (Å²) in [6, 6.07) is 5.52. The highest BCUT2D eigenvalue weighted by Crippen LogP contribution is 2.35. The van der Waals surface area contributed by atoms with Crippen LogP contribution in [0, 0.1) is 30.1 Å². The molecule has 1 aromatic carbocycles. The average Bonchev–Trinajstić information content (AvgIpc) is 3.53. The van der Waals surface area contributed by atoms with Crippen LogP contribution in [0.5, 0.6) is 0 Å². The molecule has 9 nitrogen and oxygen atoms in total. The average molecular weight is 665 g/mol. The van der Waals surface area contributed by atoms with Crippen LogP contribution in [0.1, 0.15) is 60.9 Å². The Hall–Kier alpha value is -3.26. The molecule has 11 heteroatoms. The number of fused-ring (bicyclic) bond motifs is 1. The third-order valence-electron chi connectivity index (χ3n) is 10.7. The van der Waals surface area contributed by atoms with E-state index >= 15 is 0 Å². The molecular formula is C35H45ClN6O3S. The molecule has 3 N–H and O–H groups in total. The van der Waals surface area contributed by atoms with Crippen molar-refractivity contribution in [3.63, 3.8) is 0 Å². The number of benzene rings is 1. The largest absolute Gasteiger partial charge is 0.397 e. The van der Waals surface area contributed by atoms with Crippen LogP contribution in [-0.2, 0) is 22.6 Å². The fourth-order valence-electron chi connectivity index (χ4n) is 7.84. The second-order valence-corrected chi connectivity index (χ2v) is 14.9. The number of rotatable bonds is 7. The van der Waals surface area contributed by atoms with Gasteiger partial charge < -0.3 is 30.7 Å². The van der Waals surface area contributed by atoms with Crippen molar-refractivity contribution in [2.45, 2.75) is 64.0 Å². The van der Waals surface area contributed by atoms with Crippen LogP contribution in [0.4, 0.5) is 16.2 Å². The lowest BCUT2D eigenvalue weighted by atomic mass is 9.78. The molecule has 0 unspecified atom stereocenters. The number of carbonyl (C=O) groups excluding carboxylic acids is 3. The molecule has 1 atom stereocenters.